The van der Waals surface area contributed by atoms with Gasteiger partial charge in [-0.25, -0.2) is 0 Å². The van der Waals surface area contributed by atoms with Gasteiger partial charge in [-0.2, -0.15) is 0 Å². The van der Waals surface area contributed by atoms with E-state index in [4.69, 9.17) is 0 Å². The van der Waals surface area contributed by atoms with Crippen LogP contribution in [0.15, 0.2) is 0 Å². The summed E-state index contributed by atoms with van der Waals surface area (Å²) in [4.78, 5) is 24.8. The van der Waals surface area contributed by atoms with E-state index in [9.17, 15) is 14.7 Å². The van der Waals surface area contributed by atoms with Gasteiger partial charge in [0.05, 0.1) is 6.04 Å². The van der Waals surface area contributed by atoms with Gasteiger partial charge in [0.2, 0.25) is 5.91 Å². The molecule has 5 heteroatoms. The summed E-state index contributed by atoms with van der Waals surface area (Å²) in [6.45, 7) is 0.728. The maximum absolute atomic E-state index is 11.6. The van der Waals surface area contributed by atoms with Gasteiger partial charge in [-0.15, -0.1) is 0 Å². The largest absolute Gasteiger partial charge is 0.480 e. The molecule has 2 atom stereocenters. The van der Waals surface area contributed by atoms with E-state index in [1.165, 1.54) is 0 Å². The number of hydrogen-bond donors (Lipinski definition) is 2. The van der Waals surface area contributed by atoms with Gasteiger partial charge < -0.3 is 10.4 Å². The van der Waals surface area contributed by atoms with Crippen molar-refractivity contribution in [3.8, 4) is 0 Å². The molecule has 1 aliphatic carbocycles. The summed E-state index contributed by atoms with van der Waals surface area (Å²) in [7, 11) is 1.60. The van der Waals surface area contributed by atoms with Crippen LogP contribution in [0.5, 0.6) is 0 Å². The predicted molar refractivity (Wildman–Crippen MR) is 57.9 cm³/mol. The van der Waals surface area contributed by atoms with Crippen LogP contribution in [0.3, 0.4) is 0 Å². The van der Waals surface area contributed by atoms with Crippen LogP contribution >= 0.6 is 0 Å². The van der Waals surface area contributed by atoms with Crippen molar-refractivity contribution in [2.45, 2.75) is 37.8 Å². The second kappa shape index (κ2) is 4.41. The third-order valence-electron chi connectivity index (χ3n) is 3.52. The van der Waals surface area contributed by atoms with Crippen molar-refractivity contribution in [1.29, 1.82) is 0 Å². The number of nitrogens with zero attached hydrogens (tertiary/aromatic N) is 1. The number of carboxylic acid groups (broad SMARTS) is 1. The molecule has 2 unspecified atom stereocenters. The van der Waals surface area contributed by atoms with Crippen molar-refractivity contribution >= 4 is 11.9 Å². The van der Waals surface area contributed by atoms with Crippen molar-refractivity contribution in [1.82, 2.24) is 10.2 Å². The number of amides is 1. The van der Waals surface area contributed by atoms with E-state index in [1.807, 2.05) is 4.90 Å². The Balaban J connectivity index is 2.10. The zero-order valence-electron chi connectivity index (χ0n) is 9.48. The lowest BCUT2D eigenvalue weighted by Crippen LogP contribution is -2.50. The first-order valence-corrected chi connectivity index (χ1v) is 5.85. The van der Waals surface area contributed by atoms with E-state index >= 15 is 0 Å². The first-order valence-electron chi connectivity index (χ1n) is 5.85. The molecule has 0 radical (unpaired) electrons. The van der Waals surface area contributed by atoms with Crippen LogP contribution in [0, 0.1) is 5.92 Å². The number of aliphatic carboxylic acids is 1. The van der Waals surface area contributed by atoms with E-state index in [1.54, 1.807) is 7.05 Å². The summed E-state index contributed by atoms with van der Waals surface area (Å²) in [5.41, 5.74) is 0. The number of carbonyl (C=O) groups is 2. The molecule has 2 N–H and O–H groups in total. The quantitative estimate of drug-likeness (QED) is 0.711. The molecule has 1 saturated heterocycles. The predicted octanol–water partition coefficient (Wildman–Crippen LogP) is 0.0600. The van der Waals surface area contributed by atoms with Crippen LogP contribution in [-0.2, 0) is 9.59 Å². The Morgan fingerprint density at radius 2 is 2.06 bits per heavy atom. The monoisotopic (exact) mass is 226 g/mol. The van der Waals surface area contributed by atoms with E-state index in [0.717, 1.165) is 32.2 Å². The fourth-order valence-corrected chi connectivity index (χ4v) is 2.60. The molecule has 1 saturated carbocycles. The van der Waals surface area contributed by atoms with Gasteiger partial charge >= 0.3 is 5.97 Å². The molecular formula is C11H18N2O3. The molecule has 5 nitrogen and oxygen atoms in total. The highest BCUT2D eigenvalue weighted by molar-refractivity contribution is 5.83. The van der Waals surface area contributed by atoms with Crippen LogP contribution < -0.4 is 5.32 Å². The summed E-state index contributed by atoms with van der Waals surface area (Å²) in [6.07, 6.45) is 3.65. The van der Waals surface area contributed by atoms with Crippen molar-refractivity contribution in [2.24, 2.45) is 5.92 Å². The van der Waals surface area contributed by atoms with E-state index in [2.05, 4.69) is 5.32 Å². The second-order valence-corrected chi connectivity index (χ2v) is 4.63. The Morgan fingerprint density at radius 1 is 1.38 bits per heavy atom. The molecule has 0 aromatic carbocycles. The molecule has 2 rings (SSSR count). The van der Waals surface area contributed by atoms with Gasteiger partial charge in [0.25, 0.3) is 0 Å². The molecule has 1 amide bonds. The maximum atomic E-state index is 11.6. The fraction of sp³-hybridized carbons (Fsp3) is 0.818. The van der Waals surface area contributed by atoms with Gasteiger partial charge in [-0.3, -0.25) is 14.5 Å². The average Bonchev–Trinajstić information content (AvgIpc) is 2.95. The van der Waals surface area contributed by atoms with Crippen LogP contribution in [-0.4, -0.2) is 47.6 Å². The molecular weight excluding hydrogens is 208 g/mol. The van der Waals surface area contributed by atoms with E-state index < -0.39 is 12.0 Å². The van der Waals surface area contributed by atoms with Gasteiger partial charge in [-0.1, -0.05) is 0 Å². The highest BCUT2D eigenvalue weighted by atomic mass is 16.4. The van der Waals surface area contributed by atoms with Crippen LogP contribution in [0.1, 0.15) is 25.7 Å². The Bertz CT molecular complexity index is 302. The third kappa shape index (κ3) is 2.04. The Kier molecular flexibility index (Phi) is 3.14. The number of carboxylic acids is 1. The first kappa shape index (κ1) is 11.4. The van der Waals surface area contributed by atoms with Gasteiger partial charge in [0.1, 0.15) is 6.04 Å². The average molecular weight is 226 g/mol. The molecule has 0 spiro atoms. The van der Waals surface area contributed by atoms with Crippen molar-refractivity contribution in [3.63, 3.8) is 0 Å². The number of rotatable bonds is 4. The maximum Gasteiger partial charge on any atom is 0.321 e. The van der Waals surface area contributed by atoms with Crippen LogP contribution in [0.2, 0.25) is 0 Å². The number of likely N-dealkylation sites (tertiary alicyclic amines) is 1. The van der Waals surface area contributed by atoms with Crippen molar-refractivity contribution in [2.75, 3.05) is 13.6 Å². The zero-order valence-corrected chi connectivity index (χ0v) is 9.48. The normalized spacial score (nSPS) is 27.7. The SMILES string of the molecule is CNC(=O)C1CCCN1C(C(=O)O)C1CC1. The number of hydrogen-bond acceptors (Lipinski definition) is 3. The van der Waals surface area contributed by atoms with Crippen molar-refractivity contribution < 1.29 is 14.7 Å². The van der Waals surface area contributed by atoms with Crippen molar-refractivity contribution in [3.05, 3.63) is 0 Å². The number of nitrogens with one attached hydrogen (secondary N) is 1. The van der Waals surface area contributed by atoms with Crippen LogP contribution in [0.4, 0.5) is 0 Å². The van der Waals surface area contributed by atoms with Gasteiger partial charge in [0.15, 0.2) is 0 Å². The summed E-state index contributed by atoms with van der Waals surface area (Å²) < 4.78 is 0. The summed E-state index contributed by atoms with van der Waals surface area (Å²) >= 11 is 0. The third-order valence-corrected chi connectivity index (χ3v) is 3.52. The van der Waals surface area contributed by atoms with E-state index in [-0.39, 0.29) is 17.9 Å². The molecule has 0 bridgehead atoms. The molecule has 16 heavy (non-hydrogen) atoms. The summed E-state index contributed by atoms with van der Waals surface area (Å²) in [6, 6.07) is -0.698. The lowest BCUT2D eigenvalue weighted by molar-refractivity contribution is -0.145. The Labute approximate surface area is 94.8 Å². The minimum atomic E-state index is -0.779. The minimum Gasteiger partial charge on any atom is -0.480 e. The van der Waals surface area contributed by atoms with Gasteiger partial charge in [0, 0.05) is 7.05 Å². The topological polar surface area (TPSA) is 69.6 Å². The first-order chi connectivity index (χ1) is 7.65. The zero-order chi connectivity index (χ0) is 11.7. The minimum absolute atomic E-state index is 0.0515. The van der Waals surface area contributed by atoms with E-state index in [0.29, 0.717) is 0 Å². The Morgan fingerprint density at radius 3 is 2.56 bits per heavy atom. The highest BCUT2D eigenvalue weighted by Gasteiger charge is 2.45. The molecule has 2 aliphatic rings. The van der Waals surface area contributed by atoms with Gasteiger partial charge in [-0.05, 0) is 38.1 Å². The smallest absolute Gasteiger partial charge is 0.321 e. The lowest BCUT2D eigenvalue weighted by Gasteiger charge is -2.29. The molecule has 0 aromatic heterocycles. The number of likely N-dealkylation sites (N-methyl/N-ethyl adjacent to an activating group) is 1. The molecule has 90 valence electrons. The molecule has 1 heterocycles. The standard InChI is InChI=1S/C11H18N2O3/c1-12-10(14)8-3-2-6-13(8)9(11(15)16)7-4-5-7/h7-9H,2-6H2,1H3,(H,12,14)(H,15,16). The lowest BCUT2D eigenvalue weighted by atomic mass is 10.1. The highest BCUT2D eigenvalue weighted by Crippen LogP contribution is 2.38. The Hall–Kier alpha value is -1.10. The molecule has 2 fully saturated rings. The molecule has 0 aromatic rings. The fourth-order valence-electron chi connectivity index (χ4n) is 2.60. The summed E-state index contributed by atoms with van der Waals surface area (Å²) in [5, 5.41) is 11.9. The van der Waals surface area contributed by atoms with Crippen LogP contribution in [0.25, 0.3) is 0 Å². The second-order valence-electron chi connectivity index (χ2n) is 4.63. The molecule has 1 aliphatic heterocycles. The summed E-state index contributed by atoms with van der Waals surface area (Å²) in [5.74, 6) is -0.578. The number of carbonyl (C=O) groups excluding carboxylic acids is 1.